The third kappa shape index (κ3) is 4.43. The van der Waals surface area contributed by atoms with Crippen molar-refractivity contribution in [3.05, 3.63) is 35.3 Å². The first kappa shape index (κ1) is 19.9. The highest BCUT2D eigenvalue weighted by Crippen LogP contribution is 2.30. The van der Waals surface area contributed by atoms with Crippen molar-refractivity contribution in [2.75, 3.05) is 11.9 Å². The summed E-state index contributed by atoms with van der Waals surface area (Å²) in [6, 6.07) is 2.58. The van der Waals surface area contributed by atoms with Crippen LogP contribution in [0.4, 0.5) is 23.2 Å². The highest BCUT2D eigenvalue weighted by atomic mass is 19.4. The van der Waals surface area contributed by atoms with Gasteiger partial charge in [-0.1, -0.05) is 0 Å². The van der Waals surface area contributed by atoms with Crippen LogP contribution in [0.2, 0.25) is 0 Å². The van der Waals surface area contributed by atoms with Gasteiger partial charge in [0.25, 0.3) is 5.91 Å². The van der Waals surface area contributed by atoms with Gasteiger partial charge in [0, 0.05) is 19.2 Å². The lowest BCUT2D eigenvalue weighted by Crippen LogP contribution is -2.37. The molecule has 1 rings (SSSR count). The Labute approximate surface area is 137 Å². The molecule has 0 saturated heterocycles. The standard InChI is InChI=1S/C13H10F4N4O4/c1-20(19)11(13(15,16)17)4-12(23)21(6-22)9-3-10(25-24)7(5-18)2-8(9)14/h2-4,6,24H,19H2,1H3/b11-4-. The van der Waals surface area contributed by atoms with Gasteiger partial charge in [0.05, 0.1) is 5.69 Å². The van der Waals surface area contributed by atoms with E-state index in [0.717, 1.165) is 7.05 Å². The van der Waals surface area contributed by atoms with Crippen molar-refractivity contribution in [3.8, 4) is 11.8 Å². The van der Waals surface area contributed by atoms with E-state index in [1.165, 1.54) is 6.07 Å². The Kier molecular flexibility index (Phi) is 6.04. The highest BCUT2D eigenvalue weighted by molar-refractivity contribution is 6.12. The molecule has 0 aliphatic rings. The summed E-state index contributed by atoms with van der Waals surface area (Å²) in [6.07, 6.45) is -5.29. The molecule has 0 saturated carbocycles. The molecule has 3 N–H and O–H groups in total. The molecule has 134 valence electrons. The van der Waals surface area contributed by atoms with E-state index in [1.54, 1.807) is 0 Å². The fraction of sp³-hybridized carbons (Fsp3) is 0.154. The number of rotatable bonds is 5. The topological polar surface area (TPSA) is 120 Å². The number of carbonyl (C=O) groups excluding carboxylic acids is 2. The summed E-state index contributed by atoms with van der Waals surface area (Å²) in [6.45, 7) is 0. The predicted octanol–water partition coefficient (Wildman–Crippen LogP) is 1.29. The van der Waals surface area contributed by atoms with Gasteiger partial charge in [0.2, 0.25) is 6.41 Å². The average Bonchev–Trinajstić information content (AvgIpc) is 2.52. The Morgan fingerprint density at radius 1 is 1.44 bits per heavy atom. The molecule has 0 aliphatic heterocycles. The van der Waals surface area contributed by atoms with Crippen molar-refractivity contribution in [1.82, 2.24) is 5.01 Å². The van der Waals surface area contributed by atoms with Gasteiger partial charge < -0.3 is 9.90 Å². The summed E-state index contributed by atoms with van der Waals surface area (Å²) >= 11 is 0. The molecular weight excluding hydrogens is 352 g/mol. The van der Waals surface area contributed by atoms with Crippen LogP contribution in [-0.2, 0) is 9.59 Å². The maximum Gasteiger partial charge on any atom is 0.432 e. The van der Waals surface area contributed by atoms with Gasteiger partial charge in [0.1, 0.15) is 23.1 Å². The number of nitrogens with two attached hydrogens (primary N) is 1. The van der Waals surface area contributed by atoms with E-state index in [0.29, 0.717) is 12.1 Å². The normalized spacial score (nSPS) is 11.5. The zero-order valence-corrected chi connectivity index (χ0v) is 12.4. The first-order chi connectivity index (χ1) is 11.6. The SMILES string of the molecule is CN(N)/C(=C\C(=O)N(C=O)c1cc(OO)c(C#N)cc1F)C(F)(F)F. The number of benzene rings is 1. The van der Waals surface area contributed by atoms with Crippen molar-refractivity contribution >= 4 is 18.0 Å². The summed E-state index contributed by atoms with van der Waals surface area (Å²) in [5.74, 6) is 1.50. The Hall–Kier alpha value is -3.17. The summed E-state index contributed by atoms with van der Waals surface area (Å²) < 4.78 is 52.3. The van der Waals surface area contributed by atoms with Gasteiger partial charge in [-0.15, -0.1) is 0 Å². The van der Waals surface area contributed by atoms with Crippen molar-refractivity contribution in [3.63, 3.8) is 0 Å². The van der Waals surface area contributed by atoms with E-state index < -0.39 is 40.6 Å². The third-order valence-electron chi connectivity index (χ3n) is 2.80. The molecule has 25 heavy (non-hydrogen) atoms. The van der Waals surface area contributed by atoms with Gasteiger partial charge >= 0.3 is 6.18 Å². The maximum atomic E-state index is 14.0. The van der Waals surface area contributed by atoms with E-state index in [9.17, 15) is 27.2 Å². The van der Waals surface area contributed by atoms with E-state index in [-0.39, 0.29) is 22.4 Å². The van der Waals surface area contributed by atoms with E-state index in [1.807, 2.05) is 0 Å². The molecule has 0 bridgehead atoms. The molecule has 1 aromatic carbocycles. The smallest absolute Gasteiger partial charge is 0.339 e. The summed E-state index contributed by atoms with van der Waals surface area (Å²) in [7, 11) is 0.803. The van der Waals surface area contributed by atoms with Crippen LogP contribution in [0.3, 0.4) is 0 Å². The molecule has 1 aromatic rings. The van der Waals surface area contributed by atoms with Crippen LogP contribution in [0.15, 0.2) is 23.9 Å². The Balaban J connectivity index is 3.42. The van der Waals surface area contributed by atoms with E-state index >= 15 is 0 Å². The van der Waals surface area contributed by atoms with Crippen molar-refractivity contribution in [2.45, 2.75) is 6.18 Å². The van der Waals surface area contributed by atoms with Crippen LogP contribution >= 0.6 is 0 Å². The highest BCUT2D eigenvalue weighted by Gasteiger charge is 2.37. The molecule has 0 aromatic heterocycles. The van der Waals surface area contributed by atoms with E-state index in [2.05, 4.69) is 4.89 Å². The number of alkyl halides is 3. The number of allylic oxidation sites excluding steroid dienone is 1. The zero-order chi connectivity index (χ0) is 19.4. The number of anilines is 1. The quantitative estimate of drug-likeness (QED) is 0.202. The largest absolute Gasteiger partial charge is 0.432 e. The number of amides is 2. The van der Waals surface area contributed by atoms with E-state index in [4.69, 9.17) is 16.4 Å². The zero-order valence-electron chi connectivity index (χ0n) is 12.4. The second-order valence-corrected chi connectivity index (χ2v) is 4.45. The minimum atomic E-state index is -5.02. The van der Waals surface area contributed by atoms with Crippen LogP contribution in [0.25, 0.3) is 0 Å². The van der Waals surface area contributed by atoms with Crippen LogP contribution < -0.4 is 15.6 Å². The van der Waals surface area contributed by atoms with Crippen molar-refractivity contribution in [2.24, 2.45) is 5.84 Å². The molecule has 12 heteroatoms. The number of imide groups is 1. The lowest BCUT2D eigenvalue weighted by Gasteiger charge is -2.21. The minimum Gasteiger partial charge on any atom is -0.339 e. The average molecular weight is 362 g/mol. The van der Waals surface area contributed by atoms with Gasteiger partial charge in [-0.2, -0.15) is 18.4 Å². The summed E-state index contributed by atoms with van der Waals surface area (Å²) in [5.41, 5.74) is -2.92. The Bertz CT molecular complexity index is 756. The maximum absolute atomic E-state index is 14.0. The molecule has 0 radical (unpaired) electrons. The van der Waals surface area contributed by atoms with Gasteiger partial charge in [-0.25, -0.2) is 20.4 Å². The molecule has 0 spiro atoms. The molecule has 0 atom stereocenters. The third-order valence-corrected chi connectivity index (χ3v) is 2.80. The number of nitriles is 1. The Morgan fingerprint density at radius 2 is 2.04 bits per heavy atom. The number of hydrazine groups is 1. The predicted molar refractivity (Wildman–Crippen MR) is 74.0 cm³/mol. The lowest BCUT2D eigenvalue weighted by molar-refractivity contribution is -0.137. The van der Waals surface area contributed by atoms with Crippen LogP contribution in [-0.4, -0.2) is 35.8 Å². The molecule has 8 nitrogen and oxygen atoms in total. The summed E-state index contributed by atoms with van der Waals surface area (Å²) in [4.78, 5) is 26.8. The van der Waals surface area contributed by atoms with Gasteiger partial charge in [-0.3, -0.25) is 9.59 Å². The fourth-order valence-corrected chi connectivity index (χ4v) is 1.69. The molecule has 2 amide bonds. The fourth-order valence-electron chi connectivity index (χ4n) is 1.69. The number of hydrogen-bond donors (Lipinski definition) is 2. The minimum absolute atomic E-state index is 0.0196. The second kappa shape index (κ2) is 7.60. The summed E-state index contributed by atoms with van der Waals surface area (Å²) in [5, 5.41) is 17.5. The van der Waals surface area contributed by atoms with Crippen LogP contribution in [0, 0.1) is 17.1 Å². The molecule has 0 fully saturated rings. The first-order valence-corrected chi connectivity index (χ1v) is 6.17. The second-order valence-electron chi connectivity index (χ2n) is 4.45. The monoisotopic (exact) mass is 362 g/mol. The van der Waals surface area contributed by atoms with Gasteiger partial charge in [-0.05, 0) is 6.07 Å². The van der Waals surface area contributed by atoms with Crippen molar-refractivity contribution < 1.29 is 37.3 Å². The molecular formula is C13H10F4N4O4. The Morgan fingerprint density at radius 3 is 2.44 bits per heavy atom. The number of nitrogens with zero attached hydrogens (tertiary/aromatic N) is 3. The first-order valence-electron chi connectivity index (χ1n) is 6.17. The van der Waals surface area contributed by atoms with Crippen LogP contribution in [0.5, 0.6) is 5.75 Å². The van der Waals surface area contributed by atoms with Crippen molar-refractivity contribution in [1.29, 1.82) is 5.26 Å². The van der Waals surface area contributed by atoms with Crippen LogP contribution in [0.1, 0.15) is 5.56 Å². The molecule has 0 unspecified atom stereocenters. The number of hydrogen-bond acceptors (Lipinski definition) is 7. The lowest BCUT2D eigenvalue weighted by atomic mass is 10.1. The molecule has 0 heterocycles. The number of carbonyl (C=O) groups is 2. The number of halogens is 4. The van der Waals surface area contributed by atoms with Gasteiger partial charge in [0.15, 0.2) is 5.75 Å². The molecule has 0 aliphatic carbocycles.